The number of benzene rings is 1. The van der Waals surface area contributed by atoms with Gasteiger partial charge in [0.05, 0.1) is 24.0 Å². The molecule has 0 fully saturated rings. The van der Waals surface area contributed by atoms with E-state index in [-0.39, 0.29) is 11.3 Å². The van der Waals surface area contributed by atoms with Crippen LogP contribution < -0.4 is 5.32 Å². The van der Waals surface area contributed by atoms with Crippen molar-refractivity contribution in [2.45, 2.75) is 13.5 Å². The fourth-order valence-electron chi connectivity index (χ4n) is 1.67. The standard InChI is InChI=1S/C13H12F2N4/c1-9-7-18-19(8-9)5-4-17-11-3-2-10(6-16)12(14)13(11)15/h2-3,7-8,17H,4-5H2,1H3. The Morgan fingerprint density at radius 1 is 1.37 bits per heavy atom. The lowest BCUT2D eigenvalue weighted by Crippen LogP contribution is -2.12. The van der Waals surface area contributed by atoms with E-state index in [9.17, 15) is 8.78 Å². The van der Waals surface area contributed by atoms with Crippen LogP contribution in [0.3, 0.4) is 0 Å². The van der Waals surface area contributed by atoms with Crippen LogP contribution in [0.25, 0.3) is 0 Å². The van der Waals surface area contributed by atoms with Gasteiger partial charge < -0.3 is 5.32 Å². The van der Waals surface area contributed by atoms with Gasteiger partial charge in [0.15, 0.2) is 11.6 Å². The average molecular weight is 262 g/mol. The van der Waals surface area contributed by atoms with Crippen molar-refractivity contribution in [3.63, 3.8) is 0 Å². The third kappa shape index (κ3) is 2.88. The summed E-state index contributed by atoms with van der Waals surface area (Å²) in [6.45, 7) is 2.87. The number of hydrogen-bond donors (Lipinski definition) is 1. The van der Waals surface area contributed by atoms with E-state index in [1.54, 1.807) is 16.9 Å². The van der Waals surface area contributed by atoms with Crippen molar-refractivity contribution in [1.29, 1.82) is 5.26 Å². The Bertz CT molecular complexity index is 628. The molecule has 1 N–H and O–H groups in total. The Labute approximate surface area is 109 Å². The van der Waals surface area contributed by atoms with Gasteiger partial charge in [-0.1, -0.05) is 0 Å². The van der Waals surface area contributed by atoms with Crippen molar-refractivity contribution < 1.29 is 8.78 Å². The van der Waals surface area contributed by atoms with Crippen molar-refractivity contribution in [3.8, 4) is 6.07 Å². The fraction of sp³-hybridized carbons (Fsp3) is 0.231. The second kappa shape index (κ2) is 5.48. The molecule has 0 bridgehead atoms. The highest BCUT2D eigenvalue weighted by Gasteiger charge is 2.12. The van der Waals surface area contributed by atoms with Gasteiger partial charge in [-0.3, -0.25) is 4.68 Å². The third-order valence-electron chi connectivity index (χ3n) is 2.62. The molecule has 0 unspecified atom stereocenters. The Balaban J connectivity index is 2.00. The molecular weight excluding hydrogens is 250 g/mol. The Kier molecular flexibility index (Phi) is 3.76. The maximum absolute atomic E-state index is 13.6. The number of rotatable bonds is 4. The van der Waals surface area contributed by atoms with Gasteiger partial charge in [0.2, 0.25) is 0 Å². The zero-order valence-corrected chi connectivity index (χ0v) is 10.3. The first-order valence-corrected chi connectivity index (χ1v) is 5.73. The normalized spacial score (nSPS) is 10.2. The molecule has 6 heteroatoms. The van der Waals surface area contributed by atoms with Crippen LogP contribution in [-0.2, 0) is 6.54 Å². The zero-order chi connectivity index (χ0) is 13.8. The molecule has 0 saturated heterocycles. The van der Waals surface area contributed by atoms with Gasteiger partial charge in [0, 0.05) is 12.7 Å². The molecule has 0 aliphatic rings. The van der Waals surface area contributed by atoms with E-state index in [1.165, 1.54) is 12.1 Å². The SMILES string of the molecule is Cc1cnn(CCNc2ccc(C#N)c(F)c2F)c1. The van der Waals surface area contributed by atoms with Crippen LogP contribution in [0.2, 0.25) is 0 Å². The van der Waals surface area contributed by atoms with Crippen LogP contribution in [0.4, 0.5) is 14.5 Å². The predicted octanol–water partition coefficient (Wildman–Crippen LogP) is 2.45. The minimum Gasteiger partial charge on any atom is -0.381 e. The van der Waals surface area contributed by atoms with E-state index in [2.05, 4.69) is 10.4 Å². The van der Waals surface area contributed by atoms with E-state index >= 15 is 0 Å². The number of halogens is 2. The van der Waals surface area contributed by atoms with E-state index < -0.39 is 11.6 Å². The maximum atomic E-state index is 13.6. The molecule has 0 aliphatic carbocycles. The predicted molar refractivity (Wildman–Crippen MR) is 66.5 cm³/mol. The molecule has 0 radical (unpaired) electrons. The van der Waals surface area contributed by atoms with Gasteiger partial charge in [0.1, 0.15) is 6.07 Å². The van der Waals surface area contributed by atoms with E-state index in [4.69, 9.17) is 5.26 Å². The smallest absolute Gasteiger partial charge is 0.183 e. The highest BCUT2D eigenvalue weighted by Crippen LogP contribution is 2.19. The van der Waals surface area contributed by atoms with Crippen LogP contribution in [0.15, 0.2) is 24.5 Å². The fourth-order valence-corrected chi connectivity index (χ4v) is 1.67. The van der Waals surface area contributed by atoms with E-state index in [1.807, 2.05) is 13.1 Å². The Morgan fingerprint density at radius 2 is 2.16 bits per heavy atom. The summed E-state index contributed by atoms with van der Waals surface area (Å²) in [5.74, 6) is -2.15. The van der Waals surface area contributed by atoms with Gasteiger partial charge in [0.25, 0.3) is 0 Å². The molecule has 1 heterocycles. The van der Waals surface area contributed by atoms with Gasteiger partial charge in [-0.15, -0.1) is 0 Å². The number of nitrogens with zero attached hydrogens (tertiary/aromatic N) is 3. The summed E-state index contributed by atoms with van der Waals surface area (Å²) in [5.41, 5.74) is 0.779. The topological polar surface area (TPSA) is 53.6 Å². The molecule has 2 aromatic rings. The summed E-state index contributed by atoms with van der Waals surface area (Å²) in [6.07, 6.45) is 3.58. The van der Waals surface area contributed by atoms with Gasteiger partial charge >= 0.3 is 0 Å². The molecule has 0 saturated carbocycles. The lowest BCUT2D eigenvalue weighted by molar-refractivity contribution is 0.508. The monoisotopic (exact) mass is 262 g/mol. The first-order valence-electron chi connectivity index (χ1n) is 5.73. The molecule has 4 nitrogen and oxygen atoms in total. The van der Waals surface area contributed by atoms with Crippen molar-refractivity contribution >= 4 is 5.69 Å². The third-order valence-corrected chi connectivity index (χ3v) is 2.62. The van der Waals surface area contributed by atoms with Crippen LogP contribution in [0, 0.1) is 29.9 Å². The van der Waals surface area contributed by atoms with E-state index in [0.717, 1.165) is 5.56 Å². The second-order valence-electron chi connectivity index (χ2n) is 4.11. The first kappa shape index (κ1) is 13.0. The first-order chi connectivity index (χ1) is 9.11. The van der Waals surface area contributed by atoms with Crippen molar-refractivity contribution in [2.75, 3.05) is 11.9 Å². The second-order valence-corrected chi connectivity index (χ2v) is 4.11. The number of hydrogen-bond acceptors (Lipinski definition) is 3. The molecule has 1 aromatic heterocycles. The summed E-state index contributed by atoms with van der Waals surface area (Å²) in [6, 6.07) is 4.19. The molecule has 0 atom stereocenters. The van der Waals surface area contributed by atoms with Crippen LogP contribution >= 0.6 is 0 Å². The molecular formula is C13H12F2N4. The van der Waals surface area contributed by atoms with Crippen LogP contribution in [-0.4, -0.2) is 16.3 Å². The van der Waals surface area contributed by atoms with Crippen LogP contribution in [0.5, 0.6) is 0 Å². The van der Waals surface area contributed by atoms with Gasteiger partial charge in [-0.25, -0.2) is 8.78 Å². The number of anilines is 1. The van der Waals surface area contributed by atoms with Crippen molar-refractivity contribution in [3.05, 3.63) is 47.3 Å². The molecule has 0 amide bonds. The summed E-state index contributed by atoms with van der Waals surface area (Å²) in [7, 11) is 0. The average Bonchev–Trinajstić information content (AvgIpc) is 2.81. The summed E-state index contributed by atoms with van der Waals surface area (Å²) < 4.78 is 28.6. The number of aryl methyl sites for hydroxylation is 1. The highest BCUT2D eigenvalue weighted by molar-refractivity contribution is 5.49. The van der Waals surface area contributed by atoms with E-state index in [0.29, 0.717) is 13.1 Å². The summed E-state index contributed by atoms with van der Waals surface area (Å²) in [5, 5.41) is 15.4. The van der Waals surface area contributed by atoms with Crippen molar-refractivity contribution in [1.82, 2.24) is 9.78 Å². The highest BCUT2D eigenvalue weighted by atomic mass is 19.2. The molecule has 98 valence electrons. The molecule has 19 heavy (non-hydrogen) atoms. The Morgan fingerprint density at radius 3 is 2.79 bits per heavy atom. The van der Waals surface area contributed by atoms with Gasteiger partial charge in [-0.05, 0) is 24.6 Å². The van der Waals surface area contributed by atoms with Crippen molar-refractivity contribution in [2.24, 2.45) is 0 Å². The number of nitrogens with one attached hydrogen (secondary N) is 1. The quantitative estimate of drug-likeness (QED) is 0.920. The molecule has 0 spiro atoms. The minimum atomic E-state index is -1.12. The lowest BCUT2D eigenvalue weighted by Gasteiger charge is -2.08. The summed E-state index contributed by atoms with van der Waals surface area (Å²) >= 11 is 0. The molecule has 1 aromatic carbocycles. The lowest BCUT2D eigenvalue weighted by atomic mass is 10.2. The van der Waals surface area contributed by atoms with Gasteiger partial charge in [-0.2, -0.15) is 10.4 Å². The Hall–Kier alpha value is -2.42. The van der Waals surface area contributed by atoms with Crippen LogP contribution in [0.1, 0.15) is 11.1 Å². The number of nitriles is 1. The number of aromatic nitrogens is 2. The largest absolute Gasteiger partial charge is 0.381 e. The molecule has 2 rings (SSSR count). The summed E-state index contributed by atoms with van der Waals surface area (Å²) in [4.78, 5) is 0. The minimum absolute atomic E-state index is 0.0420. The molecule has 0 aliphatic heterocycles. The zero-order valence-electron chi connectivity index (χ0n) is 10.3. The maximum Gasteiger partial charge on any atom is 0.183 e.